The lowest BCUT2D eigenvalue weighted by Gasteiger charge is -2.26. The van der Waals surface area contributed by atoms with Gasteiger partial charge in [0, 0.05) is 28.3 Å². The highest BCUT2D eigenvalue weighted by molar-refractivity contribution is 7.99. The lowest BCUT2D eigenvalue weighted by Crippen LogP contribution is -2.31. The number of esters is 1. The summed E-state index contributed by atoms with van der Waals surface area (Å²) in [5, 5.41) is 13.9. The van der Waals surface area contributed by atoms with Crippen LogP contribution in [0.4, 0.5) is 10.1 Å². The van der Waals surface area contributed by atoms with E-state index in [1.165, 1.54) is 18.2 Å². The summed E-state index contributed by atoms with van der Waals surface area (Å²) in [7, 11) is 1.14. The number of nitro benzene ring substituents is 1. The van der Waals surface area contributed by atoms with Gasteiger partial charge < -0.3 is 10.1 Å². The molecule has 2 aromatic rings. The van der Waals surface area contributed by atoms with Gasteiger partial charge in [0.1, 0.15) is 5.82 Å². The Hall–Kier alpha value is -2.94. The van der Waals surface area contributed by atoms with Gasteiger partial charge in [0.25, 0.3) is 11.6 Å². The van der Waals surface area contributed by atoms with Gasteiger partial charge >= 0.3 is 5.97 Å². The molecule has 2 aromatic carbocycles. The maximum atomic E-state index is 13.6. The van der Waals surface area contributed by atoms with Crippen LogP contribution in [-0.4, -0.2) is 29.7 Å². The molecule has 1 unspecified atom stereocenters. The monoisotopic (exact) mass is 390 g/mol. The second-order valence-electron chi connectivity index (χ2n) is 5.86. The number of nitrogens with zero attached hydrogens (tertiary/aromatic N) is 1. The Kier molecular flexibility index (Phi) is 5.41. The van der Waals surface area contributed by atoms with Gasteiger partial charge in [0.05, 0.1) is 23.6 Å². The summed E-state index contributed by atoms with van der Waals surface area (Å²) in [5.41, 5.74) is 0.134. The summed E-state index contributed by atoms with van der Waals surface area (Å²) in [5.74, 6) is -1.03. The minimum atomic E-state index is -0.783. The molecule has 1 N–H and O–H groups in total. The molecule has 1 aliphatic rings. The van der Waals surface area contributed by atoms with Crippen LogP contribution in [0.5, 0.6) is 0 Å². The molecule has 9 heteroatoms. The fourth-order valence-corrected chi connectivity index (χ4v) is 3.95. The van der Waals surface area contributed by atoms with Gasteiger partial charge in [0.15, 0.2) is 0 Å². The average molecular weight is 390 g/mol. The second kappa shape index (κ2) is 7.75. The molecule has 0 fully saturated rings. The molecular formula is C18H15FN2O5S. The number of nitro groups is 1. The number of amides is 1. The highest BCUT2D eigenvalue weighted by Gasteiger charge is 2.25. The lowest BCUT2D eigenvalue weighted by atomic mass is 10.0. The van der Waals surface area contributed by atoms with Crippen LogP contribution in [0.3, 0.4) is 0 Å². The highest BCUT2D eigenvalue weighted by atomic mass is 32.2. The minimum Gasteiger partial charge on any atom is -0.465 e. The van der Waals surface area contributed by atoms with Gasteiger partial charge in [0.2, 0.25) is 0 Å². The van der Waals surface area contributed by atoms with E-state index in [1.807, 2.05) is 0 Å². The smallest absolute Gasteiger partial charge is 0.338 e. The number of thioether (sulfide) groups is 1. The van der Waals surface area contributed by atoms with Crippen LogP contribution >= 0.6 is 11.8 Å². The highest BCUT2D eigenvalue weighted by Crippen LogP contribution is 2.36. The first-order valence-electron chi connectivity index (χ1n) is 8.00. The van der Waals surface area contributed by atoms with Crippen molar-refractivity contribution in [2.24, 2.45) is 0 Å². The van der Waals surface area contributed by atoms with E-state index in [2.05, 4.69) is 10.1 Å². The maximum absolute atomic E-state index is 13.6. The maximum Gasteiger partial charge on any atom is 0.338 e. The Morgan fingerprint density at radius 1 is 1.26 bits per heavy atom. The van der Waals surface area contributed by atoms with E-state index in [1.54, 1.807) is 17.8 Å². The zero-order valence-corrected chi connectivity index (χ0v) is 15.0. The number of rotatable bonds is 4. The third-order valence-corrected chi connectivity index (χ3v) is 5.25. The molecule has 1 aliphatic heterocycles. The van der Waals surface area contributed by atoms with Gasteiger partial charge in [-0.05, 0) is 36.2 Å². The number of non-ortho nitro benzene ring substituents is 1. The summed E-state index contributed by atoms with van der Waals surface area (Å²) >= 11 is 1.57. The Morgan fingerprint density at radius 2 is 2.00 bits per heavy atom. The van der Waals surface area contributed by atoms with Gasteiger partial charge in [-0.1, -0.05) is 0 Å². The molecule has 1 amide bonds. The fourth-order valence-electron chi connectivity index (χ4n) is 2.84. The lowest BCUT2D eigenvalue weighted by molar-refractivity contribution is -0.384. The van der Waals surface area contributed by atoms with Crippen molar-refractivity contribution in [2.45, 2.75) is 17.4 Å². The van der Waals surface area contributed by atoms with Crippen molar-refractivity contribution in [2.75, 3.05) is 12.9 Å². The fraction of sp³-hybridized carbons (Fsp3) is 0.222. The van der Waals surface area contributed by atoms with E-state index in [0.29, 0.717) is 12.0 Å². The molecule has 1 heterocycles. The number of nitrogens with one attached hydrogen (secondary N) is 1. The average Bonchev–Trinajstić information content (AvgIpc) is 2.67. The zero-order valence-electron chi connectivity index (χ0n) is 14.2. The number of carbonyl (C=O) groups excluding carboxylic acids is 2. The molecule has 0 aromatic heterocycles. The second-order valence-corrected chi connectivity index (χ2v) is 7.00. The van der Waals surface area contributed by atoms with E-state index in [9.17, 15) is 24.1 Å². The predicted molar refractivity (Wildman–Crippen MR) is 96.4 cm³/mol. The third kappa shape index (κ3) is 4.08. The van der Waals surface area contributed by atoms with Crippen molar-refractivity contribution in [3.8, 4) is 0 Å². The van der Waals surface area contributed by atoms with Crippen LogP contribution < -0.4 is 5.32 Å². The van der Waals surface area contributed by atoms with Gasteiger partial charge in [-0.25, -0.2) is 9.18 Å². The number of fused-ring (bicyclic) bond motifs is 1. The molecule has 27 heavy (non-hydrogen) atoms. The summed E-state index contributed by atoms with van der Waals surface area (Å²) in [6, 6.07) is 7.34. The molecule has 140 valence electrons. The van der Waals surface area contributed by atoms with Crippen LogP contribution in [0.2, 0.25) is 0 Å². The number of carbonyl (C=O) groups is 2. The number of ether oxygens (including phenoxy) is 1. The molecule has 7 nitrogen and oxygen atoms in total. The molecule has 0 radical (unpaired) electrons. The van der Waals surface area contributed by atoms with Gasteiger partial charge in [-0.3, -0.25) is 14.9 Å². The normalized spacial score (nSPS) is 15.6. The third-order valence-electron chi connectivity index (χ3n) is 4.13. The summed E-state index contributed by atoms with van der Waals surface area (Å²) in [4.78, 5) is 35.7. The van der Waals surface area contributed by atoms with E-state index >= 15 is 0 Å². The van der Waals surface area contributed by atoms with Gasteiger partial charge in [-0.2, -0.15) is 0 Å². The SMILES string of the molecule is COC(=O)c1cc(C(=O)NC2CCSc3ccc(F)cc32)cc([N+](=O)[O-])c1. The Morgan fingerprint density at radius 3 is 2.70 bits per heavy atom. The molecule has 0 saturated heterocycles. The van der Waals surface area contributed by atoms with Crippen molar-refractivity contribution < 1.29 is 23.6 Å². The van der Waals surface area contributed by atoms with Crippen LogP contribution in [-0.2, 0) is 4.74 Å². The first-order valence-corrected chi connectivity index (χ1v) is 8.98. The van der Waals surface area contributed by atoms with Crippen LogP contribution in [0.1, 0.15) is 38.7 Å². The Labute approximate surface area is 158 Å². The first kappa shape index (κ1) is 18.8. The van der Waals surface area contributed by atoms with Crippen molar-refractivity contribution >= 4 is 29.3 Å². The number of hydrogen-bond donors (Lipinski definition) is 1. The summed E-state index contributed by atoms with van der Waals surface area (Å²) < 4.78 is 18.2. The predicted octanol–water partition coefficient (Wildman–Crippen LogP) is 3.49. The Balaban J connectivity index is 1.91. The minimum absolute atomic E-state index is 0.0409. The molecule has 0 bridgehead atoms. The largest absolute Gasteiger partial charge is 0.465 e. The molecular weight excluding hydrogens is 375 g/mol. The Bertz CT molecular complexity index is 934. The quantitative estimate of drug-likeness (QED) is 0.487. The molecule has 0 spiro atoms. The number of hydrogen-bond acceptors (Lipinski definition) is 6. The number of halogens is 1. The van der Waals surface area contributed by atoms with Crippen molar-refractivity contribution in [1.82, 2.24) is 5.32 Å². The zero-order chi connectivity index (χ0) is 19.6. The van der Waals surface area contributed by atoms with Crippen LogP contribution in [0.25, 0.3) is 0 Å². The first-order chi connectivity index (χ1) is 12.9. The van der Waals surface area contributed by atoms with E-state index < -0.39 is 34.3 Å². The number of benzene rings is 2. The molecule has 3 rings (SSSR count). The summed E-state index contributed by atoms with van der Waals surface area (Å²) in [6.45, 7) is 0. The molecule has 0 aliphatic carbocycles. The van der Waals surface area contributed by atoms with E-state index in [-0.39, 0.29) is 11.1 Å². The van der Waals surface area contributed by atoms with Crippen LogP contribution in [0.15, 0.2) is 41.3 Å². The van der Waals surface area contributed by atoms with E-state index in [4.69, 9.17) is 0 Å². The van der Waals surface area contributed by atoms with Crippen molar-refractivity contribution in [3.05, 3.63) is 69.0 Å². The van der Waals surface area contributed by atoms with Crippen molar-refractivity contribution in [3.63, 3.8) is 0 Å². The van der Waals surface area contributed by atoms with Crippen LogP contribution in [0, 0.1) is 15.9 Å². The van der Waals surface area contributed by atoms with Crippen molar-refractivity contribution in [1.29, 1.82) is 0 Å². The summed E-state index contributed by atoms with van der Waals surface area (Å²) in [6.07, 6.45) is 0.589. The van der Waals surface area contributed by atoms with Gasteiger partial charge in [-0.15, -0.1) is 11.8 Å². The standard InChI is InChI=1S/C18H15FN2O5S/c1-26-18(23)11-6-10(7-13(8-11)21(24)25)17(22)20-15-4-5-27-16-3-2-12(19)9-14(15)16/h2-3,6-9,15H,4-5H2,1H3,(H,20,22). The topological polar surface area (TPSA) is 98.5 Å². The molecule has 0 saturated carbocycles. The molecule has 1 atom stereocenters. The van der Waals surface area contributed by atoms with E-state index in [0.717, 1.165) is 29.9 Å². The number of methoxy groups -OCH3 is 1.